The number of hydrogen-bond donors (Lipinski definition) is 1. The van der Waals surface area contributed by atoms with Crippen molar-refractivity contribution in [3.8, 4) is 5.75 Å². The molecule has 2 aliphatic rings. The summed E-state index contributed by atoms with van der Waals surface area (Å²) < 4.78 is 5.93. The SMILES string of the molecule is CNC(c1cccc(OC2CC2)c1)C1(C)CCCC1. The van der Waals surface area contributed by atoms with E-state index < -0.39 is 0 Å². The summed E-state index contributed by atoms with van der Waals surface area (Å²) in [6, 6.07) is 9.15. The Hall–Kier alpha value is -1.02. The maximum absolute atomic E-state index is 5.93. The molecule has 0 saturated heterocycles. The topological polar surface area (TPSA) is 21.3 Å². The van der Waals surface area contributed by atoms with E-state index in [0.29, 0.717) is 17.6 Å². The predicted molar refractivity (Wildman–Crippen MR) is 78.5 cm³/mol. The standard InChI is InChI=1S/C17H25NO/c1-17(10-3-4-11-17)16(18-2)13-6-5-7-15(12-13)19-14-8-9-14/h5-7,12,14,16,18H,3-4,8-11H2,1-2H3. The van der Waals surface area contributed by atoms with Crippen LogP contribution >= 0.6 is 0 Å². The van der Waals surface area contributed by atoms with Gasteiger partial charge < -0.3 is 10.1 Å². The fourth-order valence-electron chi connectivity index (χ4n) is 3.53. The highest BCUT2D eigenvalue weighted by atomic mass is 16.5. The molecule has 0 bridgehead atoms. The van der Waals surface area contributed by atoms with Crippen LogP contribution in [0, 0.1) is 5.41 Å². The fourth-order valence-corrected chi connectivity index (χ4v) is 3.53. The van der Waals surface area contributed by atoms with Crippen LogP contribution in [0.4, 0.5) is 0 Å². The largest absolute Gasteiger partial charge is 0.490 e. The zero-order chi connectivity index (χ0) is 13.3. The van der Waals surface area contributed by atoms with E-state index >= 15 is 0 Å². The molecule has 2 heteroatoms. The minimum absolute atomic E-state index is 0.396. The van der Waals surface area contributed by atoms with Crippen molar-refractivity contribution in [3.05, 3.63) is 29.8 Å². The lowest BCUT2D eigenvalue weighted by Crippen LogP contribution is -2.32. The summed E-state index contributed by atoms with van der Waals surface area (Å²) >= 11 is 0. The molecule has 2 nitrogen and oxygen atoms in total. The molecular weight excluding hydrogens is 234 g/mol. The van der Waals surface area contributed by atoms with Gasteiger partial charge in [0, 0.05) is 6.04 Å². The predicted octanol–water partition coefficient (Wildman–Crippen LogP) is 4.07. The molecule has 1 atom stereocenters. The molecule has 2 fully saturated rings. The summed E-state index contributed by atoms with van der Waals surface area (Å²) in [5, 5.41) is 3.54. The zero-order valence-electron chi connectivity index (χ0n) is 12.1. The van der Waals surface area contributed by atoms with E-state index in [4.69, 9.17) is 4.74 Å². The highest BCUT2D eigenvalue weighted by Crippen LogP contribution is 2.47. The summed E-state index contributed by atoms with van der Waals surface area (Å²) in [5.41, 5.74) is 1.78. The zero-order valence-corrected chi connectivity index (χ0v) is 12.1. The average Bonchev–Trinajstić information content (AvgIpc) is 3.10. The van der Waals surface area contributed by atoms with Crippen LogP contribution in [0.5, 0.6) is 5.75 Å². The van der Waals surface area contributed by atoms with Gasteiger partial charge in [0.2, 0.25) is 0 Å². The summed E-state index contributed by atoms with van der Waals surface area (Å²) in [6.45, 7) is 2.43. The molecule has 104 valence electrons. The van der Waals surface area contributed by atoms with Crippen LogP contribution in [-0.2, 0) is 0 Å². The fraction of sp³-hybridized carbons (Fsp3) is 0.647. The number of benzene rings is 1. The summed E-state index contributed by atoms with van der Waals surface area (Å²) in [7, 11) is 2.09. The third kappa shape index (κ3) is 2.79. The molecule has 0 heterocycles. The van der Waals surface area contributed by atoms with Crippen LogP contribution in [0.1, 0.15) is 57.1 Å². The van der Waals surface area contributed by atoms with Crippen LogP contribution in [-0.4, -0.2) is 13.2 Å². The van der Waals surface area contributed by atoms with Crippen molar-refractivity contribution < 1.29 is 4.74 Å². The Bertz CT molecular complexity index is 433. The minimum Gasteiger partial charge on any atom is -0.490 e. The van der Waals surface area contributed by atoms with E-state index in [1.807, 2.05) is 0 Å². The molecule has 3 rings (SSSR count). The van der Waals surface area contributed by atoms with E-state index in [9.17, 15) is 0 Å². The Morgan fingerprint density at radius 2 is 2.00 bits per heavy atom. The molecule has 0 amide bonds. The first kappa shape index (κ1) is 13.0. The molecule has 2 saturated carbocycles. The van der Waals surface area contributed by atoms with Crippen molar-refractivity contribution >= 4 is 0 Å². The van der Waals surface area contributed by atoms with E-state index in [2.05, 4.69) is 43.6 Å². The Morgan fingerprint density at radius 1 is 1.26 bits per heavy atom. The van der Waals surface area contributed by atoms with Gasteiger partial charge in [-0.05, 0) is 55.8 Å². The molecule has 1 unspecified atom stereocenters. The van der Waals surface area contributed by atoms with Gasteiger partial charge in [-0.1, -0.05) is 31.9 Å². The first-order valence-electron chi connectivity index (χ1n) is 7.65. The second-order valence-electron chi connectivity index (χ2n) is 6.47. The second kappa shape index (κ2) is 5.16. The summed E-state index contributed by atoms with van der Waals surface area (Å²) in [6.07, 6.45) is 8.30. The molecule has 0 aliphatic heterocycles. The molecule has 0 spiro atoms. The summed E-state index contributed by atoms with van der Waals surface area (Å²) in [4.78, 5) is 0. The van der Waals surface area contributed by atoms with Crippen molar-refractivity contribution in [3.63, 3.8) is 0 Å². The van der Waals surface area contributed by atoms with E-state index in [0.717, 1.165) is 5.75 Å². The number of hydrogen-bond acceptors (Lipinski definition) is 2. The second-order valence-corrected chi connectivity index (χ2v) is 6.47. The molecule has 1 aromatic carbocycles. The van der Waals surface area contributed by atoms with Crippen molar-refractivity contribution in [2.75, 3.05) is 7.05 Å². The van der Waals surface area contributed by atoms with Gasteiger partial charge in [-0.25, -0.2) is 0 Å². The lowest BCUT2D eigenvalue weighted by molar-refractivity contribution is 0.232. The quantitative estimate of drug-likeness (QED) is 0.860. The van der Waals surface area contributed by atoms with Gasteiger partial charge in [0.25, 0.3) is 0 Å². The Balaban J connectivity index is 1.81. The van der Waals surface area contributed by atoms with Gasteiger partial charge >= 0.3 is 0 Å². The monoisotopic (exact) mass is 259 g/mol. The third-order valence-electron chi connectivity index (χ3n) is 4.75. The maximum atomic E-state index is 5.93. The van der Waals surface area contributed by atoms with Crippen LogP contribution in [0.3, 0.4) is 0 Å². The molecule has 1 N–H and O–H groups in total. The average molecular weight is 259 g/mol. The smallest absolute Gasteiger partial charge is 0.120 e. The first-order chi connectivity index (χ1) is 9.21. The van der Waals surface area contributed by atoms with Crippen molar-refractivity contribution in [2.45, 2.75) is 57.6 Å². The van der Waals surface area contributed by atoms with E-state index in [1.54, 1.807) is 0 Å². The van der Waals surface area contributed by atoms with Crippen LogP contribution in [0.25, 0.3) is 0 Å². The van der Waals surface area contributed by atoms with Gasteiger partial charge in [0.05, 0.1) is 6.10 Å². The van der Waals surface area contributed by atoms with E-state index in [-0.39, 0.29) is 0 Å². The number of rotatable bonds is 5. The molecular formula is C17H25NO. The first-order valence-corrected chi connectivity index (χ1v) is 7.65. The molecule has 2 aliphatic carbocycles. The molecule has 19 heavy (non-hydrogen) atoms. The van der Waals surface area contributed by atoms with Gasteiger partial charge in [-0.15, -0.1) is 0 Å². The van der Waals surface area contributed by atoms with Crippen molar-refractivity contribution in [1.82, 2.24) is 5.32 Å². The van der Waals surface area contributed by atoms with Crippen LogP contribution < -0.4 is 10.1 Å². The van der Waals surface area contributed by atoms with Gasteiger partial charge in [-0.2, -0.15) is 0 Å². The maximum Gasteiger partial charge on any atom is 0.120 e. The van der Waals surface area contributed by atoms with Crippen LogP contribution in [0.2, 0.25) is 0 Å². The lowest BCUT2D eigenvalue weighted by Gasteiger charge is -2.34. The van der Waals surface area contributed by atoms with E-state index in [1.165, 1.54) is 44.1 Å². The lowest BCUT2D eigenvalue weighted by atomic mass is 9.77. The Labute approximate surface area is 116 Å². The summed E-state index contributed by atoms with van der Waals surface area (Å²) in [5.74, 6) is 1.04. The Kier molecular flexibility index (Phi) is 3.53. The highest BCUT2D eigenvalue weighted by molar-refractivity contribution is 5.32. The molecule has 0 radical (unpaired) electrons. The van der Waals surface area contributed by atoms with Crippen molar-refractivity contribution in [1.29, 1.82) is 0 Å². The normalized spacial score (nSPS) is 23.3. The number of nitrogens with one attached hydrogen (secondary N) is 1. The number of ether oxygens (including phenoxy) is 1. The Morgan fingerprint density at radius 3 is 2.63 bits per heavy atom. The van der Waals surface area contributed by atoms with Gasteiger partial charge in [0.1, 0.15) is 5.75 Å². The molecule has 1 aromatic rings. The van der Waals surface area contributed by atoms with Gasteiger partial charge in [-0.3, -0.25) is 0 Å². The highest BCUT2D eigenvalue weighted by Gasteiger charge is 2.37. The van der Waals surface area contributed by atoms with Crippen molar-refractivity contribution in [2.24, 2.45) is 5.41 Å². The van der Waals surface area contributed by atoms with Crippen LogP contribution in [0.15, 0.2) is 24.3 Å². The van der Waals surface area contributed by atoms with Gasteiger partial charge in [0.15, 0.2) is 0 Å². The minimum atomic E-state index is 0.396. The third-order valence-corrected chi connectivity index (χ3v) is 4.75. The molecule has 0 aromatic heterocycles.